The van der Waals surface area contributed by atoms with Gasteiger partial charge in [-0.25, -0.2) is 4.79 Å². The van der Waals surface area contributed by atoms with Crippen LogP contribution in [0.1, 0.15) is 39.1 Å². The summed E-state index contributed by atoms with van der Waals surface area (Å²) in [5.74, 6) is -1.14. The monoisotopic (exact) mass is 353 g/mol. The zero-order valence-corrected chi connectivity index (χ0v) is 14.6. The van der Waals surface area contributed by atoms with Gasteiger partial charge >= 0.3 is 5.97 Å². The number of carbonyl (C=O) groups is 2. The minimum Gasteiger partial charge on any atom is -0.478 e. The van der Waals surface area contributed by atoms with Gasteiger partial charge in [-0.2, -0.15) is 0 Å². The van der Waals surface area contributed by atoms with Crippen molar-refractivity contribution in [1.82, 2.24) is 4.90 Å². The highest BCUT2D eigenvalue weighted by Crippen LogP contribution is 2.17. The topological polar surface area (TPSA) is 66.8 Å². The average Bonchev–Trinajstić information content (AvgIpc) is 2.69. The Morgan fingerprint density at radius 1 is 1.00 bits per heavy atom. The van der Waals surface area contributed by atoms with E-state index in [2.05, 4.69) is 12.1 Å². The van der Waals surface area contributed by atoms with Crippen molar-refractivity contribution in [2.45, 2.75) is 25.4 Å². The van der Waals surface area contributed by atoms with Crippen LogP contribution in [0.4, 0.5) is 0 Å². The molecule has 0 bridgehead atoms. The van der Waals surface area contributed by atoms with E-state index in [0.29, 0.717) is 25.3 Å². The number of amides is 1. The van der Waals surface area contributed by atoms with Crippen molar-refractivity contribution in [3.05, 3.63) is 71.3 Å². The largest absolute Gasteiger partial charge is 0.478 e. The number of ether oxygens (including phenoxy) is 1. The molecule has 1 N–H and O–H groups in total. The molecule has 0 radical (unpaired) electrons. The second-order valence-corrected chi connectivity index (χ2v) is 6.48. The fourth-order valence-corrected chi connectivity index (χ4v) is 3.18. The Labute approximate surface area is 153 Å². The van der Waals surface area contributed by atoms with E-state index in [9.17, 15) is 9.59 Å². The number of piperidine rings is 1. The van der Waals surface area contributed by atoms with Crippen LogP contribution in [0.2, 0.25) is 0 Å². The van der Waals surface area contributed by atoms with E-state index in [1.807, 2.05) is 18.2 Å². The van der Waals surface area contributed by atoms with Crippen LogP contribution in [0.5, 0.6) is 0 Å². The molecule has 2 aromatic rings. The molecule has 1 saturated heterocycles. The maximum atomic E-state index is 12.6. The SMILES string of the molecule is O=C(O)c1cccc(C(=O)N2CCC(OCCc3ccccc3)CC2)c1. The van der Waals surface area contributed by atoms with E-state index in [1.54, 1.807) is 17.0 Å². The third kappa shape index (κ3) is 4.70. The van der Waals surface area contributed by atoms with Gasteiger partial charge in [0.1, 0.15) is 0 Å². The molecule has 0 spiro atoms. The Hall–Kier alpha value is -2.66. The Kier molecular flexibility index (Phi) is 6.02. The quantitative estimate of drug-likeness (QED) is 0.866. The van der Waals surface area contributed by atoms with Crippen molar-refractivity contribution in [1.29, 1.82) is 0 Å². The third-order valence-corrected chi connectivity index (χ3v) is 4.67. The van der Waals surface area contributed by atoms with Gasteiger partial charge in [-0.05, 0) is 43.0 Å². The number of likely N-dealkylation sites (tertiary alicyclic amines) is 1. The minimum atomic E-state index is -1.02. The molecule has 1 fully saturated rings. The van der Waals surface area contributed by atoms with Crippen LogP contribution in [0.25, 0.3) is 0 Å². The number of carboxylic acids is 1. The molecule has 136 valence electrons. The number of nitrogens with zero attached hydrogens (tertiary/aromatic N) is 1. The number of hydrogen-bond acceptors (Lipinski definition) is 3. The highest BCUT2D eigenvalue weighted by molar-refractivity contribution is 5.97. The summed E-state index contributed by atoms with van der Waals surface area (Å²) in [6, 6.07) is 16.4. The lowest BCUT2D eigenvalue weighted by Crippen LogP contribution is -2.41. The van der Waals surface area contributed by atoms with Crippen LogP contribution >= 0.6 is 0 Å². The highest BCUT2D eigenvalue weighted by atomic mass is 16.5. The molecule has 0 aromatic heterocycles. The second-order valence-electron chi connectivity index (χ2n) is 6.48. The van der Waals surface area contributed by atoms with Crippen LogP contribution in [-0.4, -0.2) is 47.7 Å². The first kappa shape index (κ1) is 18.1. The standard InChI is InChI=1S/C21H23NO4/c23-20(17-7-4-8-18(15-17)21(24)25)22-12-9-19(10-13-22)26-14-11-16-5-2-1-3-6-16/h1-8,15,19H,9-14H2,(H,24,25). The van der Waals surface area contributed by atoms with Gasteiger partial charge in [0.15, 0.2) is 0 Å². The molecule has 1 heterocycles. The molecule has 0 saturated carbocycles. The number of carbonyl (C=O) groups excluding carboxylic acids is 1. The third-order valence-electron chi connectivity index (χ3n) is 4.67. The van der Waals surface area contributed by atoms with Crippen molar-refractivity contribution in [2.75, 3.05) is 19.7 Å². The predicted molar refractivity (Wildman–Crippen MR) is 98.4 cm³/mol. The number of aromatic carboxylic acids is 1. The van der Waals surface area contributed by atoms with Crippen LogP contribution in [0.3, 0.4) is 0 Å². The van der Waals surface area contributed by atoms with Gasteiger partial charge in [-0.1, -0.05) is 36.4 Å². The normalized spacial score (nSPS) is 15.0. The van der Waals surface area contributed by atoms with Gasteiger partial charge in [0.2, 0.25) is 0 Å². The zero-order chi connectivity index (χ0) is 18.4. The van der Waals surface area contributed by atoms with E-state index >= 15 is 0 Å². The molecule has 0 unspecified atom stereocenters. The first-order valence-corrected chi connectivity index (χ1v) is 8.91. The fraction of sp³-hybridized carbons (Fsp3) is 0.333. The Morgan fingerprint density at radius 2 is 1.69 bits per heavy atom. The summed E-state index contributed by atoms with van der Waals surface area (Å²) in [6.07, 6.45) is 2.67. The van der Waals surface area contributed by atoms with Crippen molar-refractivity contribution in [3.8, 4) is 0 Å². The summed E-state index contributed by atoms with van der Waals surface area (Å²) in [5.41, 5.74) is 1.82. The molecule has 1 aliphatic rings. The molecule has 26 heavy (non-hydrogen) atoms. The molecular formula is C21H23NO4. The van der Waals surface area contributed by atoms with E-state index in [0.717, 1.165) is 19.3 Å². The van der Waals surface area contributed by atoms with Gasteiger partial charge in [0.05, 0.1) is 18.3 Å². The summed E-state index contributed by atoms with van der Waals surface area (Å²) in [5, 5.41) is 9.06. The molecule has 1 aliphatic heterocycles. The van der Waals surface area contributed by atoms with Crippen molar-refractivity contribution < 1.29 is 19.4 Å². The summed E-state index contributed by atoms with van der Waals surface area (Å²) in [6.45, 7) is 1.95. The smallest absolute Gasteiger partial charge is 0.335 e. The molecule has 0 aliphatic carbocycles. The summed E-state index contributed by atoms with van der Waals surface area (Å²) in [7, 11) is 0. The second kappa shape index (κ2) is 8.63. The molecule has 1 amide bonds. The van der Waals surface area contributed by atoms with Crippen LogP contribution in [0.15, 0.2) is 54.6 Å². The molecular weight excluding hydrogens is 330 g/mol. The van der Waals surface area contributed by atoms with E-state index < -0.39 is 5.97 Å². The lowest BCUT2D eigenvalue weighted by atomic mass is 10.0. The van der Waals surface area contributed by atoms with Gasteiger partial charge < -0.3 is 14.7 Å². The number of hydrogen-bond donors (Lipinski definition) is 1. The number of benzene rings is 2. The Morgan fingerprint density at radius 3 is 2.38 bits per heavy atom. The van der Waals surface area contributed by atoms with Crippen LogP contribution in [0, 0.1) is 0 Å². The van der Waals surface area contributed by atoms with Crippen molar-refractivity contribution in [3.63, 3.8) is 0 Å². The minimum absolute atomic E-state index is 0.115. The predicted octanol–water partition coefficient (Wildman–Crippen LogP) is 3.25. The molecule has 0 atom stereocenters. The molecule has 3 rings (SSSR count). The molecule has 2 aromatic carbocycles. The van der Waals surface area contributed by atoms with Crippen molar-refractivity contribution in [2.24, 2.45) is 0 Å². The molecule has 5 heteroatoms. The maximum absolute atomic E-state index is 12.6. The lowest BCUT2D eigenvalue weighted by molar-refractivity contribution is 0.0100. The maximum Gasteiger partial charge on any atom is 0.335 e. The van der Waals surface area contributed by atoms with E-state index in [1.165, 1.54) is 17.7 Å². The first-order chi connectivity index (χ1) is 12.6. The van der Waals surface area contributed by atoms with Crippen molar-refractivity contribution >= 4 is 11.9 Å². The van der Waals surface area contributed by atoms with Gasteiger partial charge in [0.25, 0.3) is 5.91 Å². The number of rotatable bonds is 6. The van der Waals surface area contributed by atoms with Gasteiger partial charge in [-0.3, -0.25) is 4.79 Å². The lowest BCUT2D eigenvalue weighted by Gasteiger charge is -2.32. The van der Waals surface area contributed by atoms with E-state index in [-0.39, 0.29) is 17.6 Å². The van der Waals surface area contributed by atoms with Crippen LogP contribution < -0.4 is 0 Å². The average molecular weight is 353 g/mol. The van der Waals surface area contributed by atoms with Gasteiger partial charge in [-0.15, -0.1) is 0 Å². The highest BCUT2D eigenvalue weighted by Gasteiger charge is 2.24. The van der Waals surface area contributed by atoms with Gasteiger partial charge in [0, 0.05) is 18.7 Å². The van der Waals surface area contributed by atoms with Crippen LogP contribution in [-0.2, 0) is 11.2 Å². The summed E-state index contributed by atoms with van der Waals surface area (Å²) < 4.78 is 5.96. The fourth-order valence-electron chi connectivity index (χ4n) is 3.18. The Balaban J connectivity index is 1.46. The first-order valence-electron chi connectivity index (χ1n) is 8.91. The molecule has 5 nitrogen and oxygen atoms in total. The summed E-state index contributed by atoms with van der Waals surface area (Å²) >= 11 is 0. The Bertz CT molecular complexity index is 752. The van der Waals surface area contributed by atoms with E-state index in [4.69, 9.17) is 9.84 Å². The zero-order valence-electron chi connectivity index (χ0n) is 14.6. The number of carboxylic acid groups (broad SMARTS) is 1. The summed E-state index contributed by atoms with van der Waals surface area (Å²) in [4.78, 5) is 25.4.